The van der Waals surface area contributed by atoms with Gasteiger partial charge in [-0.1, -0.05) is 37.3 Å². The molecule has 0 saturated carbocycles. The molecule has 0 bridgehead atoms. The van der Waals surface area contributed by atoms with Gasteiger partial charge in [0.05, 0.1) is 24.0 Å². The number of benzene rings is 1. The van der Waals surface area contributed by atoms with E-state index < -0.39 is 21.8 Å². The predicted octanol–water partition coefficient (Wildman–Crippen LogP) is 0.985. The van der Waals surface area contributed by atoms with Crippen molar-refractivity contribution in [1.82, 2.24) is 4.90 Å². The summed E-state index contributed by atoms with van der Waals surface area (Å²) in [5.41, 5.74) is 7.15. The van der Waals surface area contributed by atoms with Crippen molar-refractivity contribution in [2.24, 2.45) is 11.7 Å². The van der Waals surface area contributed by atoms with Crippen molar-refractivity contribution in [3.63, 3.8) is 0 Å². The van der Waals surface area contributed by atoms with Gasteiger partial charge in [-0.3, -0.25) is 4.79 Å². The van der Waals surface area contributed by atoms with Crippen LogP contribution in [-0.2, 0) is 19.4 Å². The van der Waals surface area contributed by atoms with Gasteiger partial charge in [-0.25, -0.2) is 8.42 Å². The molecule has 134 valence electrons. The highest BCUT2D eigenvalue weighted by Gasteiger charge is 2.37. The second kappa shape index (κ2) is 8.09. The Balaban J connectivity index is 2.14. The van der Waals surface area contributed by atoms with E-state index in [-0.39, 0.29) is 23.5 Å². The molecule has 0 spiro atoms. The first-order valence-corrected chi connectivity index (χ1v) is 9.98. The van der Waals surface area contributed by atoms with E-state index >= 15 is 0 Å². The topological polar surface area (TPSA) is 89.7 Å². The number of hydrogen-bond donors (Lipinski definition) is 1. The van der Waals surface area contributed by atoms with Crippen molar-refractivity contribution in [2.75, 3.05) is 31.8 Å². The van der Waals surface area contributed by atoms with Gasteiger partial charge in [0, 0.05) is 25.7 Å². The molecule has 3 atom stereocenters. The maximum absolute atomic E-state index is 13.0. The average Bonchev–Trinajstić information content (AvgIpc) is 2.94. The molecular weight excluding hydrogens is 328 g/mol. The molecule has 3 unspecified atom stereocenters. The molecule has 1 aliphatic heterocycles. The Morgan fingerprint density at radius 2 is 2.04 bits per heavy atom. The molecule has 1 amide bonds. The monoisotopic (exact) mass is 354 g/mol. The minimum absolute atomic E-state index is 0.0236. The number of carbonyl (C=O) groups is 1. The van der Waals surface area contributed by atoms with Crippen molar-refractivity contribution in [2.45, 2.75) is 25.4 Å². The number of methoxy groups -OCH3 is 1. The Kier molecular flexibility index (Phi) is 6.37. The van der Waals surface area contributed by atoms with Crippen LogP contribution in [0.15, 0.2) is 30.3 Å². The summed E-state index contributed by atoms with van der Waals surface area (Å²) in [6, 6.07) is 8.75. The number of nitrogens with two attached hydrogens (primary N) is 1. The van der Waals surface area contributed by atoms with Crippen molar-refractivity contribution < 1.29 is 17.9 Å². The second-order valence-corrected chi connectivity index (χ2v) is 8.54. The van der Waals surface area contributed by atoms with Gasteiger partial charge in [0.25, 0.3) is 0 Å². The van der Waals surface area contributed by atoms with Crippen LogP contribution in [0.2, 0.25) is 0 Å². The smallest absolute Gasteiger partial charge is 0.227 e. The van der Waals surface area contributed by atoms with E-state index in [4.69, 9.17) is 10.5 Å². The molecule has 6 nitrogen and oxygen atoms in total. The molecular formula is C17H26N2O4S. The second-order valence-electron chi connectivity index (χ2n) is 6.31. The molecule has 0 aromatic heterocycles. The van der Waals surface area contributed by atoms with Crippen LogP contribution in [-0.4, -0.2) is 57.0 Å². The molecule has 2 N–H and O–H groups in total. The summed E-state index contributed by atoms with van der Waals surface area (Å²) >= 11 is 0. The number of nitrogens with zero attached hydrogens (tertiary/aromatic N) is 1. The van der Waals surface area contributed by atoms with Crippen LogP contribution in [0.3, 0.4) is 0 Å². The van der Waals surface area contributed by atoms with E-state index in [1.807, 2.05) is 30.3 Å². The summed E-state index contributed by atoms with van der Waals surface area (Å²) in [6.45, 7) is 2.54. The van der Waals surface area contributed by atoms with E-state index in [0.29, 0.717) is 19.6 Å². The third-order valence-corrected chi connectivity index (χ3v) is 6.33. The van der Waals surface area contributed by atoms with E-state index in [9.17, 15) is 13.2 Å². The SMILES string of the molecule is COCCN(C(=O)C(C)C(N)c1ccccc1)C1CCS(=O)(=O)C1. The lowest BCUT2D eigenvalue weighted by Crippen LogP contribution is -2.47. The standard InChI is InChI=1S/C17H26N2O4S/c1-13(16(18)14-6-4-3-5-7-14)17(20)19(9-10-23-2)15-8-11-24(21,22)12-15/h3-7,13,15-16H,8-12,18H2,1-2H3. The Morgan fingerprint density at radius 1 is 1.38 bits per heavy atom. The minimum Gasteiger partial charge on any atom is -0.383 e. The normalized spacial score (nSPS) is 22.0. The summed E-state index contributed by atoms with van der Waals surface area (Å²) in [7, 11) is -1.50. The molecule has 2 rings (SSSR count). The Labute approximate surface area is 143 Å². The maximum Gasteiger partial charge on any atom is 0.227 e. The fourth-order valence-corrected chi connectivity index (χ4v) is 4.79. The molecule has 1 aromatic carbocycles. The van der Waals surface area contributed by atoms with Crippen molar-refractivity contribution >= 4 is 15.7 Å². The summed E-state index contributed by atoms with van der Waals surface area (Å²) in [5, 5.41) is 0. The van der Waals surface area contributed by atoms with Crippen LogP contribution >= 0.6 is 0 Å². The highest BCUT2D eigenvalue weighted by atomic mass is 32.2. The van der Waals surface area contributed by atoms with Crippen LogP contribution in [0.5, 0.6) is 0 Å². The third-order valence-electron chi connectivity index (χ3n) is 4.58. The number of hydrogen-bond acceptors (Lipinski definition) is 5. The molecule has 7 heteroatoms. The van der Waals surface area contributed by atoms with Crippen LogP contribution in [0.1, 0.15) is 24.9 Å². The van der Waals surface area contributed by atoms with Gasteiger partial charge in [-0.05, 0) is 12.0 Å². The minimum atomic E-state index is -3.06. The van der Waals surface area contributed by atoms with Crippen LogP contribution < -0.4 is 5.73 Å². The first-order chi connectivity index (χ1) is 11.4. The predicted molar refractivity (Wildman–Crippen MR) is 93.2 cm³/mol. The van der Waals surface area contributed by atoms with Gasteiger partial charge in [0.2, 0.25) is 5.91 Å². The van der Waals surface area contributed by atoms with Crippen LogP contribution in [0.25, 0.3) is 0 Å². The summed E-state index contributed by atoms with van der Waals surface area (Å²) in [5.74, 6) is -0.401. The molecule has 0 aliphatic carbocycles. The zero-order valence-corrected chi connectivity index (χ0v) is 15.0. The van der Waals surface area contributed by atoms with E-state index in [1.165, 1.54) is 0 Å². The maximum atomic E-state index is 13.0. The van der Waals surface area contributed by atoms with E-state index in [2.05, 4.69) is 0 Å². The molecule has 1 aromatic rings. The highest BCUT2D eigenvalue weighted by Crippen LogP contribution is 2.25. The molecule has 1 aliphatic rings. The summed E-state index contributed by atoms with van der Waals surface area (Å²) in [4.78, 5) is 14.6. The lowest BCUT2D eigenvalue weighted by Gasteiger charge is -2.32. The van der Waals surface area contributed by atoms with Gasteiger partial charge < -0.3 is 15.4 Å². The van der Waals surface area contributed by atoms with Gasteiger partial charge in [-0.15, -0.1) is 0 Å². The van der Waals surface area contributed by atoms with Gasteiger partial charge in [0.1, 0.15) is 0 Å². The molecule has 1 saturated heterocycles. The first kappa shape index (κ1) is 18.9. The Morgan fingerprint density at radius 3 is 2.58 bits per heavy atom. The molecule has 0 radical (unpaired) electrons. The highest BCUT2D eigenvalue weighted by molar-refractivity contribution is 7.91. The number of ether oxygens (including phenoxy) is 1. The van der Waals surface area contributed by atoms with Crippen LogP contribution in [0, 0.1) is 5.92 Å². The summed E-state index contributed by atoms with van der Waals surface area (Å²) < 4.78 is 28.6. The van der Waals surface area contributed by atoms with Crippen molar-refractivity contribution in [3.8, 4) is 0 Å². The van der Waals surface area contributed by atoms with Crippen LogP contribution in [0.4, 0.5) is 0 Å². The lowest BCUT2D eigenvalue weighted by molar-refractivity contribution is -0.138. The zero-order valence-electron chi connectivity index (χ0n) is 14.2. The van der Waals surface area contributed by atoms with Crippen molar-refractivity contribution in [1.29, 1.82) is 0 Å². The summed E-state index contributed by atoms with van der Waals surface area (Å²) in [6.07, 6.45) is 0.477. The largest absolute Gasteiger partial charge is 0.383 e. The first-order valence-electron chi connectivity index (χ1n) is 8.16. The Hall–Kier alpha value is -1.44. The molecule has 1 heterocycles. The van der Waals surface area contributed by atoms with E-state index in [0.717, 1.165) is 5.56 Å². The number of rotatable bonds is 7. The fraction of sp³-hybridized carbons (Fsp3) is 0.588. The van der Waals surface area contributed by atoms with E-state index in [1.54, 1.807) is 18.9 Å². The number of carbonyl (C=O) groups excluding carboxylic acids is 1. The molecule has 1 fully saturated rings. The number of amides is 1. The fourth-order valence-electron chi connectivity index (χ4n) is 3.06. The molecule has 24 heavy (non-hydrogen) atoms. The number of sulfone groups is 1. The van der Waals surface area contributed by atoms with Crippen molar-refractivity contribution in [3.05, 3.63) is 35.9 Å². The van der Waals surface area contributed by atoms with Gasteiger partial charge >= 0.3 is 0 Å². The average molecular weight is 354 g/mol. The zero-order chi connectivity index (χ0) is 17.7. The Bertz CT molecular complexity index is 648. The quantitative estimate of drug-likeness (QED) is 0.788. The third kappa shape index (κ3) is 4.55. The van der Waals surface area contributed by atoms with Gasteiger partial charge in [-0.2, -0.15) is 0 Å². The lowest BCUT2D eigenvalue weighted by atomic mass is 9.93. The van der Waals surface area contributed by atoms with Gasteiger partial charge in [0.15, 0.2) is 9.84 Å².